The quantitative estimate of drug-likeness (QED) is 0.698. The molecule has 0 aromatic heterocycles. The standard InChI is InChI=1S/C13H12Br2N2/c1-16-7-17(2)11-6-4-9(15)12-8(14)3-5-10(16)13(11)12/h3-6H,7H2,1-2H3. The number of hydrogen-bond donors (Lipinski definition) is 0. The van der Waals surface area contributed by atoms with E-state index in [0.29, 0.717) is 0 Å². The molecule has 0 atom stereocenters. The van der Waals surface area contributed by atoms with E-state index in [0.717, 1.165) is 15.6 Å². The monoisotopic (exact) mass is 354 g/mol. The first-order valence-corrected chi connectivity index (χ1v) is 7.01. The average molecular weight is 356 g/mol. The molecule has 0 bridgehead atoms. The summed E-state index contributed by atoms with van der Waals surface area (Å²) in [5.41, 5.74) is 2.58. The second kappa shape index (κ2) is 3.89. The highest BCUT2D eigenvalue weighted by Crippen LogP contribution is 2.44. The van der Waals surface area contributed by atoms with Crippen LogP contribution in [0.15, 0.2) is 33.2 Å². The number of halogens is 2. The highest BCUT2D eigenvalue weighted by atomic mass is 79.9. The lowest BCUT2D eigenvalue weighted by molar-refractivity contribution is 0.847. The topological polar surface area (TPSA) is 6.48 Å². The Labute approximate surface area is 117 Å². The van der Waals surface area contributed by atoms with Crippen molar-refractivity contribution in [3.8, 4) is 0 Å². The Morgan fingerprint density at radius 2 is 1.29 bits per heavy atom. The fraction of sp³-hybridized carbons (Fsp3) is 0.231. The predicted octanol–water partition coefficient (Wildman–Crippen LogP) is 4.21. The average Bonchev–Trinajstić information content (AvgIpc) is 2.28. The summed E-state index contributed by atoms with van der Waals surface area (Å²) in [4.78, 5) is 4.54. The molecule has 0 saturated carbocycles. The van der Waals surface area contributed by atoms with Crippen LogP contribution in [0.5, 0.6) is 0 Å². The Bertz CT molecular complexity index is 561. The van der Waals surface area contributed by atoms with Crippen LogP contribution in [0.1, 0.15) is 0 Å². The first-order chi connectivity index (χ1) is 8.09. The van der Waals surface area contributed by atoms with Gasteiger partial charge in [-0.05, 0) is 24.3 Å². The zero-order valence-corrected chi connectivity index (χ0v) is 12.8. The lowest BCUT2D eigenvalue weighted by Crippen LogP contribution is -2.36. The van der Waals surface area contributed by atoms with Gasteiger partial charge in [-0.25, -0.2) is 0 Å². The number of benzene rings is 2. The summed E-state index contributed by atoms with van der Waals surface area (Å²) in [7, 11) is 4.26. The normalized spacial score (nSPS) is 14.6. The zero-order valence-electron chi connectivity index (χ0n) is 9.67. The summed E-state index contributed by atoms with van der Waals surface area (Å²) >= 11 is 7.28. The largest absolute Gasteiger partial charge is 0.356 e. The van der Waals surface area contributed by atoms with E-state index in [2.05, 4.69) is 80.0 Å². The third-order valence-corrected chi connectivity index (χ3v) is 4.58. The molecule has 1 aliphatic heterocycles. The zero-order chi connectivity index (χ0) is 12.2. The molecular formula is C13H12Br2N2. The first kappa shape index (κ1) is 11.4. The van der Waals surface area contributed by atoms with Crippen molar-refractivity contribution >= 4 is 54.0 Å². The Kier molecular flexibility index (Phi) is 2.60. The lowest BCUT2D eigenvalue weighted by atomic mass is 10.0. The van der Waals surface area contributed by atoms with Crippen molar-refractivity contribution in [3.05, 3.63) is 33.2 Å². The van der Waals surface area contributed by atoms with E-state index in [4.69, 9.17) is 0 Å². The van der Waals surface area contributed by atoms with E-state index in [-0.39, 0.29) is 0 Å². The van der Waals surface area contributed by atoms with Crippen molar-refractivity contribution in [3.63, 3.8) is 0 Å². The van der Waals surface area contributed by atoms with E-state index in [9.17, 15) is 0 Å². The van der Waals surface area contributed by atoms with E-state index in [1.54, 1.807) is 0 Å². The summed E-state index contributed by atoms with van der Waals surface area (Å²) in [5.74, 6) is 0. The van der Waals surface area contributed by atoms with Crippen molar-refractivity contribution in [2.75, 3.05) is 30.6 Å². The smallest absolute Gasteiger partial charge is 0.0897 e. The number of rotatable bonds is 0. The maximum absolute atomic E-state index is 3.64. The number of nitrogens with zero attached hydrogens (tertiary/aromatic N) is 2. The molecule has 2 aromatic rings. The van der Waals surface area contributed by atoms with Crippen LogP contribution < -0.4 is 9.80 Å². The second-order valence-corrected chi connectivity index (χ2v) is 6.13. The molecule has 0 unspecified atom stereocenters. The van der Waals surface area contributed by atoms with Gasteiger partial charge >= 0.3 is 0 Å². The van der Waals surface area contributed by atoms with Gasteiger partial charge in [0.2, 0.25) is 0 Å². The van der Waals surface area contributed by atoms with Crippen LogP contribution in [0.4, 0.5) is 11.4 Å². The van der Waals surface area contributed by atoms with Gasteiger partial charge in [0.25, 0.3) is 0 Å². The molecule has 0 spiro atoms. The van der Waals surface area contributed by atoms with Gasteiger partial charge in [0, 0.05) is 45.2 Å². The molecule has 4 heteroatoms. The molecule has 17 heavy (non-hydrogen) atoms. The SMILES string of the molecule is CN1CN(C)c2ccc(Br)c3c(Br)ccc1c23. The molecule has 0 aliphatic carbocycles. The van der Waals surface area contributed by atoms with E-state index in [1.165, 1.54) is 22.1 Å². The Morgan fingerprint density at radius 3 is 1.76 bits per heavy atom. The summed E-state index contributed by atoms with van der Waals surface area (Å²) in [6.45, 7) is 0.922. The molecule has 1 aliphatic rings. The molecule has 0 amide bonds. The third kappa shape index (κ3) is 1.58. The maximum atomic E-state index is 3.64. The van der Waals surface area contributed by atoms with Gasteiger partial charge in [-0.2, -0.15) is 0 Å². The van der Waals surface area contributed by atoms with Gasteiger partial charge in [0.1, 0.15) is 0 Å². The minimum Gasteiger partial charge on any atom is -0.356 e. The Morgan fingerprint density at radius 1 is 0.824 bits per heavy atom. The van der Waals surface area contributed by atoms with E-state index in [1.807, 2.05) is 0 Å². The maximum Gasteiger partial charge on any atom is 0.0897 e. The minimum absolute atomic E-state index is 0.922. The van der Waals surface area contributed by atoms with Crippen molar-refractivity contribution < 1.29 is 0 Å². The third-order valence-electron chi connectivity index (χ3n) is 3.26. The molecule has 0 radical (unpaired) electrons. The highest BCUT2D eigenvalue weighted by Gasteiger charge is 2.21. The Hall–Kier alpha value is -0.740. The molecule has 0 N–H and O–H groups in total. The molecule has 3 rings (SSSR count). The van der Waals surface area contributed by atoms with Gasteiger partial charge < -0.3 is 9.80 Å². The van der Waals surface area contributed by atoms with E-state index >= 15 is 0 Å². The van der Waals surface area contributed by atoms with Gasteiger partial charge in [-0.3, -0.25) is 0 Å². The molecule has 88 valence electrons. The summed E-state index contributed by atoms with van der Waals surface area (Å²) in [6.07, 6.45) is 0. The molecule has 0 saturated heterocycles. The number of hydrogen-bond acceptors (Lipinski definition) is 2. The molecule has 2 aromatic carbocycles. The highest BCUT2D eigenvalue weighted by molar-refractivity contribution is 9.11. The Balaban J connectivity index is 2.51. The predicted molar refractivity (Wildman–Crippen MR) is 81.0 cm³/mol. The van der Waals surface area contributed by atoms with Gasteiger partial charge in [-0.1, -0.05) is 31.9 Å². The lowest BCUT2D eigenvalue weighted by Gasteiger charge is -2.35. The van der Waals surface area contributed by atoms with E-state index < -0.39 is 0 Å². The first-order valence-electron chi connectivity index (χ1n) is 5.42. The fourth-order valence-electron chi connectivity index (χ4n) is 2.48. The van der Waals surface area contributed by atoms with Crippen LogP contribution in [-0.4, -0.2) is 20.8 Å². The van der Waals surface area contributed by atoms with Crippen LogP contribution in [0.25, 0.3) is 10.8 Å². The summed E-state index contributed by atoms with van der Waals surface area (Å²) in [6, 6.07) is 8.59. The van der Waals surface area contributed by atoms with Crippen molar-refractivity contribution in [1.29, 1.82) is 0 Å². The minimum atomic E-state index is 0.922. The number of anilines is 2. The fourth-order valence-corrected chi connectivity index (χ4v) is 3.84. The van der Waals surface area contributed by atoms with Gasteiger partial charge in [0.05, 0.1) is 6.67 Å². The molecule has 0 fully saturated rings. The van der Waals surface area contributed by atoms with Crippen LogP contribution in [-0.2, 0) is 0 Å². The molecule has 1 heterocycles. The van der Waals surface area contributed by atoms with Crippen LogP contribution >= 0.6 is 31.9 Å². The van der Waals surface area contributed by atoms with Gasteiger partial charge in [0.15, 0.2) is 0 Å². The van der Waals surface area contributed by atoms with Crippen LogP contribution in [0, 0.1) is 0 Å². The van der Waals surface area contributed by atoms with Crippen molar-refractivity contribution in [2.45, 2.75) is 0 Å². The summed E-state index contributed by atoms with van der Waals surface area (Å²) in [5, 5.41) is 2.56. The van der Waals surface area contributed by atoms with Crippen LogP contribution in [0.3, 0.4) is 0 Å². The van der Waals surface area contributed by atoms with Crippen molar-refractivity contribution in [2.24, 2.45) is 0 Å². The van der Waals surface area contributed by atoms with Crippen LogP contribution in [0.2, 0.25) is 0 Å². The van der Waals surface area contributed by atoms with Crippen molar-refractivity contribution in [1.82, 2.24) is 0 Å². The summed E-state index contributed by atoms with van der Waals surface area (Å²) < 4.78 is 2.27. The molecule has 2 nitrogen and oxygen atoms in total. The molecular weight excluding hydrogens is 344 g/mol. The second-order valence-electron chi connectivity index (χ2n) is 4.42. The van der Waals surface area contributed by atoms with Gasteiger partial charge in [-0.15, -0.1) is 0 Å².